The lowest BCUT2D eigenvalue weighted by atomic mass is 9.91. The number of methoxy groups -OCH3 is 1. The molecule has 90 valence electrons. The van der Waals surface area contributed by atoms with Crippen molar-refractivity contribution in [3.63, 3.8) is 0 Å². The summed E-state index contributed by atoms with van der Waals surface area (Å²) >= 11 is 3.63. The van der Waals surface area contributed by atoms with E-state index in [4.69, 9.17) is 4.74 Å². The van der Waals surface area contributed by atoms with Crippen LogP contribution in [-0.2, 0) is 0 Å². The van der Waals surface area contributed by atoms with Crippen molar-refractivity contribution in [2.45, 2.75) is 25.6 Å². The molecule has 2 unspecified atom stereocenters. The van der Waals surface area contributed by atoms with Crippen LogP contribution in [-0.4, -0.2) is 7.11 Å². The minimum Gasteiger partial charge on any atom is -0.494 e. The first kappa shape index (κ1) is 13.5. The zero-order chi connectivity index (χ0) is 12.3. The first-order valence-corrected chi connectivity index (χ1v) is 6.36. The van der Waals surface area contributed by atoms with E-state index in [-0.39, 0.29) is 10.6 Å². The lowest BCUT2D eigenvalue weighted by molar-refractivity contribution is 0.384. The Morgan fingerprint density at radius 3 is 2.31 bits per heavy atom. The van der Waals surface area contributed by atoms with E-state index in [1.165, 1.54) is 13.2 Å². The van der Waals surface area contributed by atoms with Gasteiger partial charge in [-0.05, 0) is 29.5 Å². The minimum atomic E-state index is -0.305. The molecular formula is C13H18BrFO. The average Bonchev–Trinajstić information content (AvgIpc) is 2.26. The predicted molar refractivity (Wildman–Crippen MR) is 68.6 cm³/mol. The van der Waals surface area contributed by atoms with Crippen LogP contribution in [0.5, 0.6) is 5.75 Å². The molecule has 0 amide bonds. The van der Waals surface area contributed by atoms with Gasteiger partial charge in [-0.15, -0.1) is 0 Å². The van der Waals surface area contributed by atoms with Crippen LogP contribution in [0.1, 0.15) is 31.2 Å². The maximum absolute atomic E-state index is 13.5. The first-order chi connectivity index (χ1) is 7.47. The molecule has 16 heavy (non-hydrogen) atoms. The fourth-order valence-electron chi connectivity index (χ4n) is 1.50. The van der Waals surface area contributed by atoms with E-state index in [1.54, 1.807) is 6.07 Å². The second kappa shape index (κ2) is 5.67. The van der Waals surface area contributed by atoms with Gasteiger partial charge >= 0.3 is 0 Å². The van der Waals surface area contributed by atoms with Gasteiger partial charge in [0.2, 0.25) is 0 Å². The second-order valence-electron chi connectivity index (χ2n) is 4.40. The van der Waals surface area contributed by atoms with E-state index in [9.17, 15) is 4.39 Å². The summed E-state index contributed by atoms with van der Waals surface area (Å²) in [6, 6.07) is 5.11. The molecule has 0 aliphatic rings. The molecule has 0 radical (unpaired) electrons. The van der Waals surface area contributed by atoms with Gasteiger partial charge in [0.05, 0.1) is 7.11 Å². The van der Waals surface area contributed by atoms with Gasteiger partial charge < -0.3 is 4.74 Å². The monoisotopic (exact) mass is 288 g/mol. The minimum absolute atomic E-state index is 0.174. The Hall–Kier alpha value is -0.570. The van der Waals surface area contributed by atoms with Crippen LogP contribution in [0.2, 0.25) is 0 Å². The number of alkyl halides is 1. The third kappa shape index (κ3) is 2.97. The van der Waals surface area contributed by atoms with Gasteiger partial charge in [0.15, 0.2) is 11.6 Å². The molecule has 0 bridgehead atoms. The van der Waals surface area contributed by atoms with Crippen molar-refractivity contribution < 1.29 is 9.13 Å². The highest BCUT2D eigenvalue weighted by atomic mass is 79.9. The van der Waals surface area contributed by atoms with Gasteiger partial charge in [0.25, 0.3) is 0 Å². The summed E-state index contributed by atoms with van der Waals surface area (Å²) in [6.07, 6.45) is 0. The van der Waals surface area contributed by atoms with Crippen LogP contribution >= 0.6 is 15.9 Å². The molecule has 0 heterocycles. The van der Waals surface area contributed by atoms with Crippen LogP contribution < -0.4 is 4.74 Å². The molecule has 1 nitrogen and oxygen atoms in total. The fraction of sp³-hybridized carbons (Fsp3) is 0.538. The summed E-state index contributed by atoms with van der Waals surface area (Å²) in [5.41, 5.74) is 0.958. The summed E-state index contributed by atoms with van der Waals surface area (Å²) in [6.45, 7) is 6.49. The van der Waals surface area contributed by atoms with E-state index in [0.717, 1.165) is 5.56 Å². The summed E-state index contributed by atoms with van der Waals surface area (Å²) in [7, 11) is 1.47. The van der Waals surface area contributed by atoms with Crippen molar-refractivity contribution >= 4 is 15.9 Å². The number of hydrogen-bond donors (Lipinski definition) is 0. The first-order valence-electron chi connectivity index (χ1n) is 5.44. The lowest BCUT2D eigenvalue weighted by Gasteiger charge is -2.22. The van der Waals surface area contributed by atoms with Gasteiger partial charge in [-0.1, -0.05) is 42.8 Å². The van der Waals surface area contributed by atoms with E-state index in [1.807, 2.05) is 6.07 Å². The van der Waals surface area contributed by atoms with E-state index >= 15 is 0 Å². The Balaban J connectivity index is 2.92. The molecule has 1 rings (SSSR count). The SMILES string of the molecule is COc1ccc(C(Br)C(C)C(C)C)cc1F. The van der Waals surface area contributed by atoms with Crippen LogP contribution in [0.3, 0.4) is 0 Å². The molecule has 2 atom stereocenters. The molecule has 0 aliphatic carbocycles. The van der Waals surface area contributed by atoms with Gasteiger partial charge in [0, 0.05) is 4.83 Å². The van der Waals surface area contributed by atoms with Crippen LogP contribution in [0.15, 0.2) is 18.2 Å². The largest absolute Gasteiger partial charge is 0.494 e. The van der Waals surface area contributed by atoms with Gasteiger partial charge in [-0.25, -0.2) is 4.39 Å². The predicted octanol–water partition coefficient (Wildman–Crippen LogP) is 4.56. The molecule has 0 N–H and O–H groups in total. The highest BCUT2D eigenvalue weighted by molar-refractivity contribution is 9.09. The van der Waals surface area contributed by atoms with Crippen molar-refractivity contribution in [2.75, 3.05) is 7.11 Å². The number of benzene rings is 1. The Morgan fingerprint density at radius 1 is 1.25 bits per heavy atom. The molecule has 3 heteroatoms. The molecule has 0 saturated carbocycles. The Labute approximate surface area is 105 Å². The lowest BCUT2D eigenvalue weighted by Crippen LogP contribution is -2.10. The van der Waals surface area contributed by atoms with Gasteiger partial charge in [0.1, 0.15) is 0 Å². The average molecular weight is 289 g/mol. The van der Waals surface area contributed by atoms with Crippen LogP contribution in [0, 0.1) is 17.7 Å². The molecule has 0 spiro atoms. The second-order valence-corrected chi connectivity index (χ2v) is 5.39. The fourth-order valence-corrected chi connectivity index (χ4v) is 2.39. The smallest absolute Gasteiger partial charge is 0.165 e. The third-order valence-electron chi connectivity index (χ3n) is 3.01. The quantitative estimate of drug-likeness (QED) is 0.738. The normalized spacial score (nSPS) is 14.9. The van der Waals surface area contributed by atoms with Crippen LogP contribution in [0.25, 0.3) is 0 Å². The van der Waals surface area contributed by atoms with E-state index in [2.05, 4.69) is 36.7 Å². The van der Waals surface area contributed by atoms with Crippen LogP contribution in [0.4, 0.5) is 4.39 Å². The molecule has 1 aromatic rings. The molecular weight excluding hydrogens is 271 g/mol. The molecule has 0 fully saturated rings. The molecule has 0 aromatic heterocycles. The summed E-state index contributed by atoms with van der Waals surface area (Å²) < 4.78 is 18.4. The maximum Gasteiger partial charge on any atom is 0.165 e. The summed E-state index contributed by atoms with van der Waals surface area (Å²) in [4.78, 5) is 0.174. The van der Waals surface area contributed by atoms with Gasteiger partial charge in [-0.2, -0.15) is 0 Å². The highest BCUT2D eigenvalue weighted by Crippen LogP contribution is 2.36. The molecule has 0 aliphatic heterocycles. The summed E-state index contributed by atoms with van der Waals surface area (Å²) in [5.74, 6) is 0.989. The van der Waals surface area contributed by atoms with E-state index < -0.39 is 0 Å². The van der Waals surface area contributed by atoms with Crippen molar-refractivity contribution in [1.82, 2.24) is 0 Å². The highest BCUT2D eigenvalue weighted by Gasteiger charge is 2.20. The topological polar surface area (TPSA) is 9.23 Å². The number of hydrogen-bond acceptors (Lipinski definition) is 1. The van der Waals surface area contributed by atoms with Gasteiger partial charge in [-0.3, -0.25) is 0 Å². The van der Waals surface area contributed by atoms with E-state index in [0.29, 0.717) is 17.6 Å². The van der Waals surface area contributed by atoms with Crippen molar-refractivity contribution in [1.29, 1.82) is 0 Å². The Kier molecular flexibility index (Phi) is 4.78. The number of ether oxygens (including phenoxy) is 1. The molecule has 0 saturated heterocycles. The summed E-state index contributed by atoms with van der Waals surface area (Å²) in [5, 5.41) is 0. The zero-order valence-corrected chi connectivity index (χ0v) is 11.7. The molecule has 1 aromatic carbocycles. The van der Waals surface area contributed by atoms with Crippen molar-refractivity contribution in [2.24, 2.45) is 11.8 Å². The van der Waals surface area contributed by atoms with Crippen molar-refractivity contribution in [3.8, 4) is 5.75 Å². The Morgan fingerprint density at radius 2 is 1.88 bits per heavy atom. The zero-order valence-electron chi connectivity index (χ0n) is 10.1. The Bertz CT molecular complexity index is 352. The standard InChI is InChI=1S/C13H18BrFO/c1-8(2)9(3)13(14)10-5-6-12(16-4)11(15)7-10/h5-9,13H,1-4H3. The number of rotatable bonds is 4. The maximum atomic E-state index is 13.5. The van der Waals surface area contributed by atoms with Crippen molar-refractivity contribution in [3.05, 3.63) is 29.6 Å². The number of halogens is 2. The third-order valence-corrected chi connectivity index (χ3v) is 4.37.